The van der Waals surface area contributed by atoms with E-state index in [9.17, 15) is 4.39 Å². The molecule has 1 atom stereocenters. The maximum Gasteiger partial charge on any atom is 0.123 e. The Hall–Kier alpha value is -1.74. The molecule has 1 unspecified atom stereocenters. The Bertz CT molecular complexity index is 574. The summed E-state index contributed by atoms with van der Waals surface area (Å²) in [5.74, 6) is 0.631. The summed E-state index contributed by atoms with van der Waals surface area (Å²) in [4.78, 5) is 0. The maximum atomic E-state index is 13.2. The van der Waals surface area contributed by atoms with Gasteiger partial charge in [-0.25, -0.2) is 4.39 Å². The lowest BCUT2D eigenvalue weighted by molar-refractivity contribution is 0.627. The molecule has 0 saturated carbocycles. The molecule has 0 amide bonds. The first-order valence-electron chi connectivity index (χ1n) is 7.95. The van der Waals surface area contributed by atoms with Crippen LogP contribution in [0.25, 0.3) is 0 Å². The molecular weight excluding hydrogens is 305 g/mol. The molecule has 0 aliphatic heterocycles. The standard InChI is InChI=1S/C20H24FNS/c1-4-13-22-16(3)14-23-20(17-7-5-15(2)6-8-17)18-9-11-19(21)12-10-18/h5-12,20,22H,3-4,13-14H2,1-2H3. The van der Waals surface area contributed by atoms with Gasteiger partial charge in [-0.2, -0.15) is 0 Å². The summed E-state index contributed by atoms with van der Waals surface area (Å²) in [5.41, 5.74) is 4.63. The number of hydrogen-bond donors (Lipinski definition) is 1. The van der Waals surface area contributed by atoms with E-state index in [1.807, 2.05) is 23.9 Å². The van der Waals surface area contributed by atoms with Crippen molar-refractivity contribution < 1.29 is 4.39 Å². The lowest BCUT2D eigenvalue weighted by atomic mass is 10.0. The Morgan fingerprint density at radius 1 is 1.09 bits per heavy atom. The number of halogens is 1. The van der Waals surface area contributed by atoms with E-state index in [4.69, 9.17) is 0 Å². The van der Waals surface area contributed by atoms with E-state index in [1.54, 1.807) is 0 Å². The lowest BCUT2D eigenvalue weighted by Crippen LogP contribution is -2.15. The van der Waals surface area contributed by atoms with Gasteiger partial charge in [-0.3, -0.25) is 0 Å². The molecule has 0 aromatic heterocycles. The Kier molecular flexibility index (Phi) is 6.72. The quantitative estimate of drug-likeness (QED) is 0.689. The van der Waals surface area contributed by atoms with Crippen LogP contribution in [0.15, 0.2) is 60.8 Å². The summed E-state index contributed by atoms with van der Waals surface area (Å²) < 4.78 is 13.2. The van der Waals surface area contributed by atoms with Crippen LogP contribution in [0.3, 0.4) is 0 Å². The Morgan fingerprint density at radius 3 is 2.22 bits per heavy atom. The van der Waals surface area contributed by atoms with Crippen LogP contribution in [-0.4, -0.2) is 12.3 Å². The molecule has 2 aromatic carbocycles. The Balaban J connectivity index is 2.16. The van der Waals surface area contributed by atoms with Crippen molar-refractivity contribution in [3.8, 4) is 0 Å². The predicted molar refractivity (Wildman–Crippen MR) is 99.3 cm³/mol. The fourth-order valence-electron chi connectivity index (χ4n) is 2.30. The fraction of sp³-hybridized carbons (Fsp3) is 0.300. The van der Waals surface area contributed by atoms with Gasteiger partial charge in [-0.1, -0.05) is 55.5 Å². The Morgan fingerprint density at radius 2 is 1.65 bits per heavy atom. The summed E-state index contributed by atoms with van der Waals surface area (Å²) in [7, 11) is 0. The maximum absolute atomic E-state index is 13.2. The molecule has 0 radical (unpaired) electrons. The largest absolute Gasteiger partial charge is 0.388 e. The number of thioether (sulfide) groups is 1. The molecule has 122 valence electrons. The molecule has 0 spiro atoms. The minimum absolute atomic E-state index is 0.177. The number of benzene rings is 2. The molecule has 0 aliphatic carbocycles. The van der Waals surface area contributed by atoms with E-state index in [2.05, 4.69) is 50.0 Å². The zero-order chi connectivity index (χ0) is 16.7. The van der Waals surface area contributed by atoms with Gasteiger partial charge >= 0.3 is 0 Å². The molecule has 2 aromatic rings. The topological polar surface area (TPSA) is 12.0 Å². The zero-order valence-corrected chi connectivity index (χ0v) is 14.6. The highest BCUT2D eigenvalue weighted by molar-refractivity contribution is 7.99. The van der Waals surface area contributed by atoms with Crippen molar-refractivity contribution in [2.24, 2.45) is 0 Å². The molecule has 1 nitrogen and oxygen atoms in total. The molecule has 1 N–H and O–H groups in total. The highest BCUT2D eigenvalue weighted by atomic mass is 32.2. The first kappa shape index (κ1) is 17.6. The van der Waals surface area contributed by atoms with Crippen molar-refractivity contribution in [1.82, 2.24) is 5.32 Å². The molecule has 0 fully saturated rings. The van der Waals surface area contributed by atoms with Crippen molar-refractivity contribution in [3.05, 3.63) is 83.3 Å². The monoisotopic (exact) mass is 329 g/mol. The third-order valence-electron chi connectivity index (χ3n) is 3.60. The van der Waals surface area contributed by atoms with Crippen LogP contribution < -0.4 is 5.32 Å². The summed E-state index contributed by atoms with van der Waals surface area (Å²) in [6.07, 6.45) is 1.09. The molecule has 2 rings (SSSR count). The van der Waals surface area contributed by atoms with Crippen molar-refractivity contribution in [2.75, 3.05) is 12.3 Å². The van der Waals surface area contributed by atoms with Crippen LogP contribution in [-0.2, 0) is 0 Å². The van der Waals surface area contributed by atoms with E-state index in [-0.39, 0.29) is 11.1 Å². The molecule has 3 heteroatoms. The van der Waals surface area contributed by atoms with Crippen LogP contribution >= 0.6 is 11.8 Å². The normalized spacial score (nSPS) is 12.0. The third kappa shape index (κ3) is 5.43. The minimum atomic E-state index is -0.199. The van der Waals surface area contributed by atoms with Crippen molar-refractivity contribution >= 4 is 11.8 Å². The second-order valence-corrected chi connectivity index (χ2v) is 6.78. The summed E-state index contributed by atoms with van der Waals surface area (Å²) in [5, 5.41) is 3.51. The number of hydrogen-bond acceptors (Lipinski definition) is 2. The van der Waals surface area contributed by atoms with Crippen LogP contribution in [0.1, 0.15) is 35.3 Å². The van der Waals surface area contributed by atoms with Gasteiger partial charge in [0.25, 0.3) is 0 Å². The van der Waals surface area contributed by atoms with Gasteiger partial charge in [-0.15, -0.1) is 11.8 Å². The van der Waals surface area contributed by atoms with Gasteiger partial charge in [0.2, 0.25) is 0 Å². The highest BCUT2D eigenvalue weighted by Crippen LogP contribution is 2.36. The predicted octanol–water partition coefficient (Wildman–Crippen LogP) is 5.47. The van der Waals surface area contributed by atoms with Crippen LogP contribution in [0.5, 0.6) is 0 Å². The van der Waals surface area contributed by atoms with E-state index >= 15 is 0 Å². The fourth-order valence-corrected chi connectivity index (χ4v) is 3.47. The summed E-state index contributed by atoms with van der Waals surface area (Å²) in [6, 6.07) is 15.3. The number of aryl methyl sites for hydroxylation is 1. The van der Waals surface area contributed by atoms with Crippen LogP contribution in [0.2, 0.25) is 0 Å². The van der Waals surface area contributed by atoms with Crippen molar-refractivity contribution in [1.29, 1.82) is 0 Å². The van der Waals surface area contributed by atoms with E-state index in [0.29, 0.717) is 0 Å². The minimum Gasteiger partial charge on any atom is -0.388 e. The summed E-state index contributed by atoms with van der Waals surface area (Å²) in [6.45, 7) is 9.26. The highest BCUT2D eigenvalue weighted by Gasteiger charge is 2.15. The van der Waals surface area contributed by atoms with E-state index in [1.165, 1.54) is 23.3 Å². The van der Waals surface area contributed by atoms with Gasteiger partial charge in [0, 0.05) is 18.0 Å². The van der Waals surface area contributed by atoms with E-state index < -0.39 is 0 Å². The molecule has 0 aliphatic rings. The van der Waals surface area contributed by atoms with Gasteiger partial charge in [0.1, 0.15) is 5.82 Å². The van der Waals surface area contributed by atoms with Gasteiger partial charge in [0.15, 0.2) is 0 Å². The van der Waals surface area contributed by atoms with Gasteiger partial charge in [-0.05, 0) is 36.6 Å². The second kappa shape index (κ2) is 8.78. The van der Waals surface area contributed by atoms with Crippen LogP contribution in [0.4, 0.5) is 4.39 Å². The first-order chi connectivity index (χ1) is 11.1. The molecule has 0 saturated heterocycles. The zero-order valence-electron chi connectivity index (χ0n) is 13.8. The number of rotatable bonds is 8. The lowest BCUT2D eigenvalue weighted by Gasteiger charge is -2.19. The van der Waals surface area contributed by atoms with Crippen molar-refractivity contribution in [2.45, 2.75) is 25.5 Å². The third-order valence-corrected chi connectivity index (χ3v) is 4.99. The number of nitrogens with one attached hydrogen (secondary N) is 1. The Labute approximate surface area is 143 Å². The van der Waals surface area contributed by atoms with E-state index in [0.717, 1.165) is 30.0 Å². The summed E-state index contributed by atoms with van der Waals surface area (Å²) >= 11 is 1.81. The van der Waals surface area contributed by atoms with Gasteiger partial charge in [0.05, 0.1) is 5.25 Å². The first-order valence-corrected chi connectivity index (χ1v) is 9.00. The van der Waals surface area contributed by atoms with Crippen LogP contribution in [0, 0.1) is 12.7 Å². The second-order valence-electron chi connectivity index (χ2n) is 5.68. The molecular formula is C20H24FNS. The molecule has 0 bridgehead atoms. The van der Waals surface area contributed by atoms with Gasteiger partial charge < -0.3 is 5.32 Å². The molecule has 23 heavy (non-hydrogen) atoms. The SMILES string of the molecule is C=C(CSC(c1ccc(C)cc1)c1ccc(F)cc1)NCCC. The van der Waals surface area contributed by atoms with Crippen molar-refractivity contribution in [3.63, 3.8) is 0 Å². The average Bonchev–Trinajstić information content (AvgIpc) is 2.56. The smallest absolute Gasteiger partial charge is 0.123 e. The molecule has 0 heterocycles. The average molecular weight is 329 g/mol.